The number of ketones is 1. The summed E-state index contributed by atoms with van der Waals surface area (Å²) in [6, 6.07) is 10.3. The van der Waals surface area contributed by atoms with Crippen molar-refractivity contribution in [3.63, 3.8) is 0 Å². The lowest BCUT2D eigenvalue weighted by atomic mass is 10.1. The maximum Gasteiger partial charge on any atom is 0.187 e. The van der Waals surface area contributed by atoms with E-state index >= 15 is 0 Å². The van der Waals surface area contributed by atoms with Gasteiger partial charge in [0.25, 0.3) is 0 Å². The third-order valence-electron chi connectivity index (χ3n) is 2.53. The van der Waals surface area contributed by atoms with Crippen LogP contribution < -0.4 is 5.32 Å². The standard InChI is InChI=1S/C15H10Cl2FNO/c16-11-3-6-14(13(17)9-11)19-8-7-15(20)10-1-4-12(18)5-2-10/h1-9,19H/b8-7-. The lowest BCUT2D eigenvalue weighted by Crippen LogP contribution is -1.96. The molecule has 0 aliphatic heterocycles. The number of carbonyl (C=O) groups is 1. The van der Waals surface area contributed by atoms with Crippen LogP contribution in [0.1, 0.15) is 10.4 Å². The van der Waals surface area contributed by atoms with E-state index in [2.05, 4.69) is 5.32 Å². The molecule has 1 N–H and O–H groups in total. The minimum absolute atomic E-state index is 0.234. The SMILES string of the molecule is O=C(/C=C\Nc1ccc(Cl)cc1Cl)c1ccc(F)cc1. The number of rotatable bonds is 4. The highest BCUT2D eigenvalue weighted by molar-refractivity contribution is 6.36. The largest absolute Gasteiger partial charge is 0.360 e. The first-order chi connectivity index (χ1) is 9.56. The summed E-state index contributed by atoms with van der Waals surface area (Å²) in [5.74, 6) is -0.612. The lowest BCUT2D eigenvalue weighted by molar-refractivity contribution is 0.104. The minimum Gasteiger partial charge on any atom is -0.360 e. The number of allylic oxidation sites excluding steroid dienone is 1. The number of benzene rings is 2. The summed E-state index contributed by atoms with van der Waals surface area (Å²) in [5, 5.41) is 3.88. The molecule has 0 amide bonds. The third kappa shape index (κ3) is 3.83. The van der Waals surface area contributed by atoms with E-state index in [-0.39, 0.29) is 11.6 Å². The lowest BCUT2D eigenvalue weighted by Gasteiger charge is -2.03. The Kier molecular flexibility index (Phi) is 4.77. The van der Waals surface area contributed by atoms with Crippen molar-refractivity contribution in [3.8, 4) is 0 Å². The van der Waals surface area contributed by atoms with Crippen molar-refractivity contribution < 1.29 is 9.18 Å². The zero-order valence-electron chi connectivity index (χ0n) is 10.2. The Morgan fingerprint density at radius 3 is 2.45 bits per heavy atom. The zero-order chi connectivity index (χ0) is 14.5. The van der Waals surface area contributed by atoms with E-state index < -0.39 is 0 Å². The van der Waals surface area contributed by atoms with Gasteiger partial charge in [0.15, 0.2) is 5.78 Å². The highest BCUT2D eigenvalue weighted by Crippen LogP contribution is 2.25. The van der Waals surface area contributed by atoms with Gasteiger partial charge in [-0.1, -0.05) is 23.2 Å². The molecular formula is C15H10Cl2FNO. The summed E-state index contributed by atoms with van der Waals surface area (Å²) in [7, 11) is 0. The molecule has 0 saturated carbocycles. The van der Waals surface area contributed by atoms with Crippen molar-refractivity contribution in [1.82, 2.24) is 0 Å². The predicted molar refractivity (Wildman–Crippen MR) is 80.0 cm³/mol. The van der Waals surface area contributed by atoms with Crippen LogP contribution in [0.15, 0.2) is 54.7 Å². The maximum absolute atomic E-state index is 12.7. The Morgan fingerprint density at radius 2 is 1.80 bits per heavy atom. The van der Waals surface area contributed by atoms with Gasteiger partial charge in [-0.3, -0.25) is 4.79 Å². The second kappa shape index (κ2) is 6.55. The van der Waals surface area contributed by atoms with Crippen molar-refractivity contribution in [2.75, 3.05) is 5.32 Å². The van der Waals surface area contributed by atoms with Gasteiger partial charge in [-0.2, -0.15) is 0 Å². The zero-order valence-corrected chi connectivity index (χ0v) is 11.8. The number of hydrogen-bond donors (Lipinski definition) is 1. The molecular weight excluding hydrogens is 300 g/mol. The molecule has 0 spiro atoms. The van der Waals surface area contributed by atoms with Crippen molar-refractivity contribution >= 4 is 34.7 Å². The van der Waals surface area contributed by atoms with Crippen LogP contribution in [0.2, 0.25) is 10.0 Å². The molecule has 0 aliphatic rings. The number of hydrogen-bond acceptors (Lipinski definition) is 2. The Bertz CT molecular complexity index is 653. The van der Waals surface area contributed by atoms with Crippen LogP contribution in [0.5, 0.6) is 0 Å². The molecule has 2 rings (SSSR count). The monoisotopic (exact) mass is 309 g/mol. The molecule has 0 radical (unpaired) electrons. The first kappa shape index (κ1) is 14.6. The summed E-state index contributed by atoms with van der Waals surface area (Å²) in [6.07, 6.45) is 2.82. The van der Waals surface area contributed by atoms with Gasteiger partial charge in [0.05, 0.1) is 10.7 Å². The number of anilines is 1. The van der Waals surface area contributed by atoms with Crippen molar-refractivity contribution in [1.29, 1.82) is 0 Å². The van der Waals surface area contributed by atoms with Crippen LogP contribution >= 0.6 is 23.2 Å². The van der Waals surface area contributed by atoms with Crippen LogP contribution in [0.4, 0.5) is 10.1 Å². The molecule has 2 aromatic carbocycles. The second-order valence-corrected chi connectivity index (χ2v) is 4.82. The Balaban J connectivity index is 2.02. The summed E-state index contributed by atoms with van der Waals surface area (Å²) in [6.45, 7) is 0. The van der Waals surface area contributed by atoms with E-state index in [4.69, 9.17) is 23.2 Å². The highest BCUT2D eigenvalue weighted by Gasteiger charge is 2.02. The molecule has 2 nitrogen and oxygen atoms in total. The van der Waals surface area contributed by atoms with Crippen molar-refractivity contribution in [2.45, 2.75) is 0 Å². The van der Waals surface area contributed by atoms with Gasteiger partial charge >= 0.3 is 0 Å². The molecule has 5 heteroatoms. The quantitative estimate of drug-likeness (QED) is 0.640. The van der Waals surface area contributed by atoms with E-state index in [1.54, 1.807) is 18.2 Å². The van der Waals surface area contributed by atoms with Crippen molar-refractivity contribution in [2.24, 2.45) is 0 Å². The fraction of sp³-hybridized carbons (Fsp3) is 0. The van der Waals surface area contributed by atoms with Crippen LogP contribution in [0.25, 0.3) is 0 Å². The van der Waals surface area contributed by atoms with Gasteiger partial charge in [-0.15, -0.1) is 0 Å². The smallest absolute Gasteiger partial charge is 0.187 e. The molecule has 0 heterocycles. The van der Waals surface area contributed by atoms with E-state index in [1.165, 1.54) is 36.5 Å². The minimum atomic E-state index is -0.378. The molecule has 0 saturated heterocycles. The molecule has 0 bridgehead atoms. The average Bonchev–Trinajstić information content (AvgIpc) is 2.42. The average molecular weight is 310 g/mol. The van der Waals surface area contributed by atoms with Crippen LogP contribution in [0.3, 0.4) is 0 Å². The van der Waals surface area contributed by atoms with E-state index in [1.807, 2.05) is 0 Å². The Morgan fingerprint density at radius 1 is 1.10 bits per heavy atom. The Hall–Kier alpha value is -1.84. The fourth-order valence-corrected chi connectivity index (χ4v) is 1.99. The van der Waals surface area contributed by atoms with Gasteiger partial charge in [-0.25, -0.2) is 4.39 Å². The topological polar surface area (TPSA) is 29.1 Å². The fourth-order valence-electron chi connectivity index (χ4n) is 1.52. The Labute approximate surface area is 125 Å². The second-order valence-electron chi connectivity index (χ2n) is 3.97. The number of nitrogens with one attached hydrogen (secondary N) is 1. The normalized spacial score (nSPS) is 10.8. The van der Waals surface area contributed by atoms with Crippen molar-refractivity contribution in [3.05, 3.63) is 76.2 Å². The number of halogens is 3. The molecule has 0 aromatic heterocycles. The van der Waals surface area contributed by atoms with Gasteiger partial charge in [-0.05, 0) is 42.5 Å². The molecule has 0 aliphatic carbocycles. The summed E-state index contributed by atoms with van der Waals surface area (Å²) in [5.41, 5.74) is 1.05. The maximum atomic E-state index is 12.7. The summed E-state index contributed by atoms with van der Waals surface area (Å²) >= 11 is 11.8. The van der Waals surface area contributed by atoms with Gasteiger partial charge in [0.1, 0.15) is 5.82 Å². The molecule has 20 heavy (non-hydrogen) atoms. The van der Waals surface area contributed by atoms with Crippen LogP contribution in [-0.2, 0) is 0 Å². The van der Waals surface area contributed by atoms with Crippen LogP contribution in [-0.4, -0.2) is 5.78 Å². The van der Waals surface area contributed by atoms with Crippen LogP contribution in [0, 0.1) is 5.82 Å². The van der Waals surface area contributed by atoms with E-state index in [0.29, 0.717) is 21.3 Å². The van der Waals surface area contributed by atoms with Gasteiger partial charge in [0.2, 0.25) is 0 Å². The first-order valence-electron chi connectivity index (χ1n) is 5.74. The summed E-state index contributed by atoms with van der Waals surface area (Å²) in [4.78, 5) is 11.8. The molecule has 2 aromatic rings. The molecule has 102 valence electrons. The van der Waals surface area contributed by atoms with E-state index in [9.17, 15) is 9.18 Å². The van der Waals surface area contributed by atoms with Gasteiger partial charge < -0.3 is 5.32 Å². The van der Waals surface area contributed by atoms with E-state index in [0.717, 1.165) is 0 Å². The van der Waals surface area contributed by atoms with Gasteiger partial charge in [0, 0.05) is 22.9 Å². The highest BCUT2D eigenvalue weighted by atomic mass is 35.5. The molecule has 0 fully saturated rings. The molecule has 0 unspecified atom stereocenters. The number of carbonyl (C=O) groups excluding carboxylic acids is 1. The summed E-state index contributed by atoms with van der Waals surface area (Å²) < 4.78 is 12.7. The third-order valence-corrected chi connectivity index (χ3v) is 3.08. The first-order valence-corrected chi connectivity index (χ1v) is 6.50. The predicted octanol–water partition coefficient (Wildman–Crippen LogP) is 4.94. The molecule has 0 atom stereocenters.